The molecule has 2 fully saturated rings. The van der Waals surface area contributed by atoms with Crippen LogP contribution in [0.15, 0.2) is 0 Å². The normalized spacial score (nSPS) is 31.6. The topological polar surface area (TPSA) is 15.7 Å². The van der Waals surface area contributed by atoms with Crippen LogP contribution in [0.1, 0.15) is 25.7 Å². The van der Waals surface area contributed by atoms with E-state index in [1.165, 1.54) is 32.2 Å². The van der Waals surface area contributed by atoms with Gasteiger partial charge in [0.1, 0.15) is 0 Å². The van der Waals surface area contributed by atoms with Gasteiger partial charge in [0.05, 0.1) is 6.61 Å². The summed E-state index contributed by atoms with van der Waals surface area (Å²) in [5.74, 6) is 0. The van der Waals surface area contributed by atoms with Gasteiger partial charge in [0.2, 0.25) is 0 Å². The van der Waals surface area contributed by atoms with Gasteiger partial charge in [0.25, 0.3) is 0 Å². The highest BCUT2D eigenvalue weighted by Gasteiger charge is 2.22. The zero-order valence-electron chi connectivity index (χ0n) is 8.54. The molecule has 3 nitrogen and oxygen atoms in total. The summed E-state index contributed by atoms with van der Waals surface area (Å²) in [5, 5.41) is 2.13. The molecule has 3 heteroatoms. The van der Waals surface area contributed by atoms with E-state index in [1.54, 1.807) is 0 Å². The van der Waals surface area contributed by atoms with Crippen molar-refractivity contribution in [2.24, 2.45) is 0 Å². The minimum Gasteiger partial charge on any atom is -0.301 e. The van der Waals surface area contributed by atoms with Gasteiger partial charge < -0.3 is 4.90 Å². The fourth-order valence-corrected chi connectivity index (χ4v) is 2.20. The minimum atomic E-state index is 0.667. The second-order valence-corrected chi connectivity index (χ2v) is 4.21. The number of likely N-dealkylation sites (N-methyl/N-ethyl adjacent to an activating group) is 1. The summed E-state index contributed by atoms with van der Waals surface area (Å²) in [4.78, 5) is 8.16. The predicted octanol–water partition coefficient (Wildman–Crippen LogP) is 1.11. The molecule has 0 radical (unpaired) electrons. The fraction of sp³-hybridized carbons (Fsp3) is 1.00. The van der Waals surface area contributed by atoms with Crippen molar-refractivity contribution in [3.05, 3.63) is 0 Å². The molecule has 0 aromatic heterocycles. The number of hydrogen-bond acceptors (Lipinski definition) is 3. The molecule has 13 heavy (non-hydrogen) atoms. The quantitative estimate of drug-likeness (QED) is 0.653. The van der Waals surface area contributed by atoms with Crippen molar-refractivity contribution in [2.45, 2.75) is 31.7 Å². The molecular formula is C10H20N2O. The molecule has 0 bridgehead atoms. The molecule has 0 aromatic rings. The van der Waals surface area contributed by atoms with Gasteiger partial charge in [0.15, 0.2) is 0 Å². The summed E-state index contributed by atoms with van der Waals surface area (Å²) in [5.41, 5.74) is 0. The van der Waals surface area contributed by atoms with Gasteiger partial charge in [-0.05, 0) is 39.3 Å². The highest BCUT2D eigenvalue weighted by atomic mass is 16.7. The van der Waals surface area contributed by atoms with Crippen LogP contribution in [0.4, 0.5) is 0 Å². The van der Waals surface area contributed by atoms with E-state index in [0.717, 1.165) is 19.7 Å². The highest BCUT2D eigenvalue weighted by Crippen LogP contribution is 2.16. The van der Waals surface area contributed by atoms with Gasteiger partial charge in [0, 0.05) is 19.1 Å². The molecule has 0 aromatic carbocycles. The Morgan fingerprint density at radius 1 is 1.15 bits per heavy atom. The summed E-state index contributed by atoms with van der Waals surface area (Å²) in [6.45, 7) is 4.41. The second-order valence-electron chi connectivity index (χ2n) is 4.21. The summed E-state index contributed by atoms with van der Waals surface area (Å²) in [6.07, 6.45) is 5.26. The molecule has 2 aliphatic heterocycles. The minimum absolute atomic E-state index is 0.667. The summed E-state index contributed by atoms with van der Waals surface area (Å²) in [6, 6.07) is 0.667. The molecule has 0 amide bonds. The van der Waals surface area contributed by atoms with E-state index in [-0.39, 0.29) is 0 Å². The highest BCUT2D eigenvalue weighted by molar-refractivity contribution is 4.75. The SMILES string of the molecule is CN1CCCC1CON1CCCC1. The van der Waals surface area contributed by atoms with E-state index in [4.69, 9.17) is 4.84 Å². The zero-order valence-corrected chi connectivity index (χ0v) is 8.54. The Bertz CT molecular complexity index is 157. The first-order valence-corrected chi connectivity index (χ1v) is 5.44. The van der Waals surface area contributed by atoms with E-state index in [9.17, 15) is 0 Å². The third-order valence-corrected chi connectivity index (χ3v) is 3.19. The van der Waals surface area contributed by atoms with Crippen LogP contribution in [0.5, 0.6) is 0 Å². The van der Waals surface area contributed by atoms with Crippen LogP contribution in [-0.4, -0.2) is 49.3 Å². The molecule has 0 N–H and O–H groups in total. The molecule has 2 heterocycles. The monoisotopic (exact) mass is 184 g/mol. The first kappa shape index (κ1) is 9.44. The van der Waals surface area contributed by atoms with Gasteiger partial charge in [-0.15, -0.1) is 0 Å². The molecule has 2 rings (SSSR count). The number of nitrogens with zero attached hydrogens (tertiary/aromatic N) is 2. The van der Waals surface area contributed by atoms with Crippen LogP contribution in [0.2, 0.25) is 0 Å². The molecule has 0 spiro atoms. The third kappa shape index (κ3) is 2.42. The first-order valence-electron chi connectivity index (χ1n) is 5.44. The molecule has 0 aliphatic carbocycles. The van der Waals surface area contributed by atoms with Crippen molar-refractivity contribution in [1.82, 2.24) is 9.96 Å². The van der Waals surface area contributed by atoms with Crippen molar-refractivity contribution in [1.29, 1.82) is 0 Å². The van der Waals surface area contributed by atoms with Gasteiger partial charge in [-0.3, -0.25) is 4.84 Å². The fourth-order valence-electron chi connectivity index (χ4n) is 2.20. The molecule has 2 aliphatic rings. The lowest BCUT2D eigenvalue weighted by Gasteiger charge is -2.22. The lowest BCUT2D eigenvalue weighted by Crippen LogP contribution is -2.33. The molecular weight excluding hydrogens is 164 g/mol. The molecule has 2 saturated heterocycles. The lowest BCUT2D eigenvalue weighted by molar-refractivity contribution is -0.153. The Morgan fingerprint density at radius 2 is 1.92 bits per heavy atom. The van der Waals surface area contributed by atoms with Crippen LogP contribution in [0.3, 0.4) is 0 Å². The van der Waals surface area contributed by atoms with Crippen molar-refractivity contribution in [2.75, 3.05) is 33.3 Å². The Kier molecular flexibility index (Phi) is 3.19. The van der Waals surface area contributed by atoms with Crippen LogP contribution in [-0.2, 0) is 4.84 Å². The number of hydrogen-bond donors (Lipinski definition) is 0. The summed E-state index contributed by atoms with van der Waals surface area (Å²) in [7, 11) is 2.20. The zero-order chi connectivity index (χ0) is 9.10. The second kappa shape index (κ2) is 4.40. The molecule has 76 valence electrons. The van der Waals surface area contributed by atoms with Gasteiger partial charge in [-0.1, -0.05) is 0 Å². The van der Waals surface area contributed by atoms with Crippen molar-refractivity contribution < 1.29 is 4.84 Å². The van der Waals surface area contributed by atoms with E-state index in [1.807, 2.05) is 0 Å². The number of rotatable bonds is 3. The van der Waals surface area contributed by atoms with Crippen LogP contribution >= 0.6 is 0 Å². The molecule has 1 atom stereocenters. The predicted molar refractivity (Wildman–Crippen MR) is 52.4 cm³/mol. The Balaban J connectivity index is 1.66. The first-order chi connectivity index (χ1) is 6.36. The largest absolute Gasteiger partial charge is 0.301 e. The molecule has 1 unspecified atom stereocenters. The smallest absolute Gasteiger partial charge is 0.0840 e. The average Bonchev–Trinajstić information content (AvgIpc) is 2.72. The summed E-state index contributed by atoms with van der Waals surface area (Å²) < 4.78 is 0. The average molecular weight is 184 g/mol. The van der Waals surface area contributed by atoms with E-state index in [2.05, 4.69) is 17.0 Å². The van der Waals surface area contributed by atoms with Gasteiger partial charge >= 0.3 is 0 Å². The maximum Gasteiger partial charge on any atom is 0.0840 e. The lowest BCUT2D eigenvalue weighted by atomic mass is 10.2. The van der Waals surface area contributed by atoms with Crippen molar-refractivity contribution >= 4 is 0 Å². The maximum absolute atomic E-state index is 5.75. The van der Waals surface area contributed by atoms with Gasteiger partial charge in [-0.2, -0.15) is 5.06 Å². The third-order valence-electron chi connectivity index (χ3n) is 3.19. The van der Waals surface area contributed by atoms with E-state index in [0.29, 0.717) is 6.04 Å². The van der Waals surface area contributed by atoms with Crippen LogP contribution in [0, 0.1) is 0 Å². The standard InChI is InChI=1S/C10H20N2O/c1-11-6-4-5-10(11)9-13-12-7-2-3-8-12/h10H,2-9H2,1H3. The maximum atomic E-state index is 5.75. The number of hydroxylamine groups is 2. The molecule has 0 saturated carbocycles. The van der Waals surface area contributed by atoms with Crippen LogP contribution in [0.25, 0.3) is 0 Å². The number of likely N-dealkylation sites (tertiary alicyclic amines) is 1. The van der Waals surface area contributed by atoms with E-state index < -0.39 is 0 Å². The van der Waals surface area contributed by atoms with Crippen LogP contribution < -0.4 is 0 Å². The Hall–Kier alpha value is -0.120. The van der Waals surface area contributed by atoms with Crippen molar-refractivity contribution in [3.8, 4) is 0 Å². The summed E-state index contributed by atoms with van der Waals surface area (Å²) >= 11 is 0. The van der Waals surface area contributed by atoms with E-state index >= 15 is 0 Å². The van der Waals surface area contributed by atoms with Gasteiger partial charge in [-0.25, -0.2) is 0 Å². The van der Waals surface area contributed by atoms with Crippen molar-refractivity contribution in [3.63, 3.8) is 0 Å². The Labute approximate surface area is 80.6 Å². The Morgan fingerprint density at radius 3 is 2.54 bits per heavy atom.